The number of ether oxygens (including phenoxy) is 1. The summed E-state index contributed by atoms with van der Waals surface area (Å²) >= 11 is 0. The normalized spacial score (nSPS) is 17.6. The lowest BCUT2D eigenvalue weighted by Crippen LogP contribution is -2.37. The van der Waals surface area contributed by atoms with E-state index < -0.39 is 0 Å². The van der Waals surface area contributed by atoms with Crippen molar-refractivity contribution in [2.75, 3.05) is 32.8 Å². The highest BCUT2D eigenvalue weighted by Gasteiger charge is 2.14. The number of hydrogen-bond donors (Lipinski definition) is 0. The SMILES string of the molecule is Cc1ccc(C(=O)CCN2CCOCC2)o1. The second-order valence-electron chi connectivity index (χ2n) is 4.04. The van der Waals surface area contributed by atoms with Gasteiger partial charge in [-0.25, -0.2) is 0 Å². The minimum Gasteiger partial charge on any atom is -0.458 e. The van der Waals surface area contributed by atoms with Gasteiger partial charge in [-0.15, -0.1) is 0 Å². The molecule has 1 aliphatic rings. The van der Waals surface area contributed by atoms with Crippen LogP contribution in [0, 0.1) is 6.92 Å². The third-order valence-corrected chi connectivity index (χ3v) is 2.77. The van der Waals surface area contributed by atoms with Gasteiger partial charge in [0.2, 0.25) is 0 Å². The number of carbonyl (C=O) groups excluding carboxylic acids is 1. The third kappa shape index (κ3) is 2.93. The van der Waals surface area contributed by atoms with Gasteiger partial charge in [0, 0.05) is 26.1 Å². The summed E-state index contributed by atoms with van der Waals surface area (Å²) in [6, 6.07) is 3.57. The molecule has 0 unspecified atom stereocenters. The number of Topliss-reactive ketones (excluding diaryl/α,β-unsaturated/α-hetero) is 1. The molecule has 2 rings (SSSR count). The van der Waals surface area contributed by atoms with Gasteiger partial charge < -0.3 is 9.15 Å². The molecule has 1 fully saturated rings. The van der Waals surface area contributed by atoms with Crippen molar-refractivity contribution in [1.29, 1.82) is 0 Å². The van der Waals surface area contributed by atoms with E-state index in [1.807, 2.05) is 13.0 Å². The van der Waals surface area contributed by atoms with E-state index in [0.29, 0.717) is 12.2 Å². The highest BCUT2D eigenvalue weighted by molar-refractivity contribution is 5.93. The van der Waals surface area contributed by atoms with Crippen LogP contribution in [0.3, 0.4) is 0 Å². The third-order valence-electron chi connectivity index (χ3n) is 2.77. The molecule has 1 aliphatic heterocycles. The summed E-state index contributed by atoms with van der Waals surface area (Å²) in [4.78, 5) is 14.0. The van der Waals surface area contributed by atoms with Crippen LogP contribution in [-0.2, 0) is 4.74 Å². The molecule has 4 heteroatoms. The van der Waals surface area contributed by atoms with E-state index >= 15 is 0 Å². The smallest absolute Gasteiger partial charge is 0.199 e. The van der Waals surface area contributed by atoms with E-state index in [-0.39, 0.29) is 5.78 Å². The summed E-state index contributed by atoms with van der Waals surface area (Å²) in [6.45, 7) is 6.03. The van der Waals surface area contributed by atoms with Gasteiger partial charge in [0.05, 0.1) is 13.2 Å². The molecule has 0 spiro atoms. The maximum Gasteiger partial charge on any atom is 0.199 e. The van der Waals surface area contributed by atoms with Gasteiger partial charge in [-0.1, -0.05) is 0 Å². The zero-order valence-electron chi connectivity index (χ0n) is 9.57. The second-order valence-corrected chi connectivity index (χ2v) is 4.04. The van der Waals surface area contributed by atoms with Crippen LogP contribution in [0.5, 0.6) is 0 Å². The lowest BCUT2D eigenvalue weighted by Gasteiger charge is -2.25. The van der Waals surface area contributed by atoms with E-state index in [9.17, 15) is 4.79 Å². The largest absolute Gasteiger partial charge is 0.458 e. The number of aryl methyl sites for hydroxylation is 1. The first kappa shape index (κ1) is 11.4. The summed E-state index contributed by atoms with van der Waals surface area (Å²) in [5.74, 6) is 1.35. The minimum absolute atomic E-state index is 0.0830. The molecule has 1 saturated heterocycles. The van der Waals surface area contributed by atoms with E-state index in [1.54, 1.807) is 6.07 Å². The Morgan fingerprint density at radius 3 is 2.75 bits per heavy atom. The molecule has 88 valence electrons. The van der Waals surface area contributed by atoms with E-state index in [4.69, 9.17) is 9.15 Å². The van der Waals surface area contributed by atoms with Gasteiger partial charge in [-0.3, -0.25) is 9.69 Å². The average Bonchev–Trinajstić information content (AvgIpc) is 2.74. The zero-order valence-corrected chi connectivity index (χ0v) is 9.57. The Balaban J connectivity index is 1.79. The Bertz CT molecular complexity index is 353. The molecule has 0 aliphatic carbocycles. The number of carbonyl (C=O) groups is 1. The van der Waals surface area contributed by atoms with Crippen LogP contribution >= 0.6 is 0 Å². The van der Waals surface area contributed by atoms with Gasteiger partial charge in [0.1, 0.15) is 5.76 Å². The van der Waals surface area contributed by atoms with Crippen LogP contribution in [0.1, 0.15) is 22.7 Å². The van der Waals surface area contributed by atoms with Gasteiger partial charge in [-0.05, 0) is 19.1 Å². The Hall–Kier alpha value is -1.13. The molecular weight excluding hydrogens is 206 g/mol. The van der Waals surface area contributed by atoms with Crippen molar-refractivity contribution < 1.29 is 13.9 Å². The molecule has 0 atom stereocenters. The van der Waals surface area contributed by atoms with E-state index in [2.05, 4.69) is 4.90 Å². The summed E-state index contributed by atoms with van der Waals surface area (Å²) in [5, 5.41) is 0. The molecule has 0 amide bonds. The number of morpholine rings is 1. The molecule has 0 N–H and O–H groups in total. The fourth-order valence-corrected chi connectivity index (χ4v) is 1.79. The van der Waals surface area contributed by atoms with Crippen molar-refractivity contribution in [2.24, 2.45) is 0 Å². The molecule has 4 nitrogen and oxygen atoms in total. The highest BCUT2D eigenvalue weighted by Crippen LogP contribution is 2.09. The van der Waals surface area contributed by atoms with Crippen LogP contribution in [-0.4, -0.2) is 43.5 Å². The van der Waals surface area contributed by atoms with Crippen molar-refractivity contribution >= 4 is 5.78 Å². The molecule has 1 aromatic heterocycles. The highest BCUT2D eigenvalue weighted by atomic mass is 16.5. The minimum atomic E-state index is 0.0830. The Morgan fingerprint density at radius 2 is 2.12 bits per heavy atom. The van der Waals surface area contributed by atoms with Crippen LogP contribution < -0.4 is 0 Å². The number of furan rings is 1. The quantitative estimate of drug-likeness (QED) is 0.725. The van der Waals surface area contributed by atoms with Crippen molar-refractivity contribution in [3.63, 3.8) is 0 Å². The number of rotatable bonds is 4. The first-order valence-corrected chi connectivity index (χ1v) is 5.65. The molecule has 16 heavy (non-hydrogen) atoms. The molecule has 2 heterocycles. The van der Waals surface area contributed by atoms with E-state index in [0.717, 1.165) is 38.6 Å². The summed E-state index contributed by atoms with van der Waals surface area (Å²) < 4.78 is 10.5. The van der Waals surface area contributed by atoms with Gasteiger partial charge in [-0.2, -0.15) is 0 Å². The summed E-state index contributed by atoms with van der Waals surface area (Å²) in [5.41, 5.74) is 0. The monoisotopic (exact) mass is 223 g/mol. The maximum atomic E-state index is 11.7. The van der Waals surface area contributed by atoms with E-state index in [1.165, 1.54) is 0 Å². The predicted octanol–water partition coefficient (Wildman–Crippen LogP) is 1.49. The standard InChI is InChI=1S/C12H17NO3/c1-10-2-3-12(16-10)11(14)4-5-13-6-8-15-9-7-13/h2-3H,4-9H2,1H3. The summed E-state index contributed by atoms with van der Waals surface area (Å²) in [6.07, 6.45) is 0.521. The van der Waals surface area contributed by atoms with Gasteiger partial charge in [0.15, 0.2) is 11.5 Å². The number of nitrogens with zero attached hydrogens (tertiary/aromatic N) is 1. The van der Waals surface area contributed by atoms with Crippen LogP contribution in [0.4, 0.5) is 0 Å². The zero-order chi connectivity index (χ0) is 11.4. The number of hydrogen-bond acceptors (Lipinski definition) is 4. The van der Waals surface area contributed by atoms with Crippen molar-refractivity contribution in [3.8, 4) is 0 Å². The van der Waals surface area contributed by atoms with Crippen molar-refractivity contribution in [1.82, 2.24) is 4.90 Å². The fraction of sp³-hybridized carbons (Fsp3) is 0.583. The van der Waals surface area contributed by atoms with Gasteiger partial charge >= 0.3 is 0 Å². The molecule has 0 radical (unpaired) electrons. The Morgan fingerprint density at radius 1 is 1.38 bits per heavy atom. The first-order chi connectivity index (χ1) is 7.75. The fourth-order valence-electron chi connectivity index (χ4n) is 1.79. The van der Waals surface area contributed by atoms with Crippen molar-refractivity contribution in [2.45, 2.75) is 13.3 Å². The molecular formula is C12H17NO3. The van der Waals surface area contributed by atoms with Gasteiger partial charge in [0.25, 0.3) is 0 Å². The lowest BCUT2D eigenvalue weighted by molar-refractivity contribution is 0.0368. The second kappa shape index (κ2) is 5.27. The maximum absolute atomic E-state index is 11.7. The molecule has 0 aromatic carbocycles. The topological polar surface area (TPSA) is 42.7 Å². The first-order valence-electron chi connectivity index (χ1n) is 5.65. The molecule has 0 bridgehead atoms. The molecule has 1 aromatic rings. The summed E-state index contributed by atoms with van der Waals surface area (Å²) in [7, 11) is 0. The Kier molecular flexibility index (Phi) is 3.74. The average molecular weight is 223 g/mol. The van der Waals surface area contributed by atoms with Crippen LogP contribution in [0.2, 0.25) is 0 Å². The predicted molar refractivity (Wildman–Crippen MR) is 59.7 cm³/mol. The van der Waals surface area contributed by atoms with Crippen molar-refractivity contribution in [3.05, 3.63) is 23.7 Å². The number of ketones is 1. The lowest BCUT2D eigenvalue weighted by atomic mass is 10.2. The molecule has 0 saturated carbocycles. The Labute approximate surface area is 95.2 Å². The van der Waals surface area contributed by atoms with Crippen LogP contribution in [0.15, 0.2) is 16.5 Å². The van der Waals surface area contributed by atoms with Crippen LogP contribution in [0.25, 0.3) is 0 Å².